The van der Waals surface area contributed by atoms with Gasteiger partial charge in [0.25, 0.3) is 0 Å². The Labute approximate surface area is 76.9 Å². The lowest BCUT2D eigenvalue weighted by atomic mass is 9.55. The maximum atomic E-state index is 11.2. The van der Waals surface area contributed by atoms with Crippen molar-refractivity contribution in [2.45, 2.75) is 20.3 Å². The van der Waals surface area contributed by atoms with Gasteiger partial charge < -0.3 is 9.84 Å². The SMILES string of the molecule is COC(=O)[C@H]1C[C@@H](C(=O)O)C1(C)C. The minimum absolute atomic E-state index is 0.265. The molecule has 1 saturated carbocycles. The third-order valence-electron chi connectivity index (χ3n) is 3.05. The van der Waals surface area contributed by atoms with Crippen molar-refractivity contribution in [3.05, 3.63) is 0 Å². The van der Waals surface area contributed by atoms with Crippen molar-refractivity contribution in [2.24, 2.45) is 17.3 Å². The van der Waals surface area contributed by atoms with Crippen molar-refractivity contribution in [1.29, 1.82) is 0 Å². The second-order valence-electron chi connectivity index (χ2n) is 4.02. The number of carboxylic acid groups (broad SMARTS) is 1. The molecule has 4 nitrogen and oxygen atoms in total. The molecule has 74 valence electrons. The molecule has 0 heterocycles. The van der Waals surface area contributed by atoms with Crippen LogP contribution in [-0.2, 0) is 14.3 Å². The van der Waals surface area contributed by atoms with Crippen LogP contribution in [0.2, 0.25) is 0 Å². The van der Waals surface area contributed by atoms with Crippen LogP contribution in [0.3, 0.4) is 0 Å². The predicted molar refractivity (Wildman–Crippen MR) is 45.0 cm³/mol. The number of methoxy groups -OCH3 is 1. The van der Waals surface area contributed by atoms with Crippen LogP contribution in [-0.4, -0.2) is 24.2 Å². The monoisotopic (exact) mass is 186 g/mol. The molecule has 0 saturated heterocycles. The van der Waals surface area contributed by atoms with Crippen LogP contribution >= 0.6 is 0 Å². The molecule has 0 bridgehead atoms. The third kappa shape index (κ3) is 1.41. The molecule has 0 radical (unpaired) electrons. The zero-order chi connectivity index (χ0) is 10.2. The van der Waals surface area contributed by atoms with Crippen LogP contribution in [0.25, 0.3) is 0 Å². The Balaban J connectivity index is 2.69. The summed E-state index contributed by atoms with van der Waals surface area (Å²) < 4.78 is 4.59. The Morgan fingerprint density at radius 1 is 1.38 bits per heavy atom. The maximum absolute atomic E-state index is 11.2. The summed E-state index contributed by atoms with van der Waals surface area (Å²) in [7, 11) is 1.33. The Bertz CT molecular complexity index is 244. The number of ether oxygens (including phenoxy) is 1. The zero-order valence-corrected chi connectivity index (χ0v) is 8.03. The molecule has 1 rings (SSSR count). The van der Waals surface area contributed by atoms with Gasteiger partial charge in [-0.1, -0.05) is 13.8 Å². The molecule has 1 N–H and O–H groups in total. The first kappa shape index (κ1) is 10.0. The highest BCUT2D eigenvalue weighted by molar-refractivity contribution is 5.80. The average Bonchev–Trinajstić information content (AvgIpc) is 2.01. The van der Waals surface area contributed by atoms with Gasteiger partial charge in [0.05, 0.1) is 18.9 Å². The van der Waals surface area contributed by atoms with Gasteiger partial charge in [-0.05, 0) is 11.8 Å². The van der Waals surface area contributed by atoms with Crippen molar-refractivity contribution in [3.63, 3.8) is 0 Å². The molecule has 0 aliphatic heterocycles. The Kier molecular flexibility index (Phi) is 2.32. The summed E-state index contributed by atoms with van der Waals surface area (Å²) in [4.78, 5) is 21.9. The van der Waals surface area contributed by atoms with Gasteiger partial charge in [-0.15, -0.1) is 0 Å². The predicted octanol–water partition coefficient (Wildman–Crippen LogP) is 0.906. The smallest absolute Gasteiger partial charge is 0.309 e. The van der Waals surface area contributed by atoms with E-state index in [0.29, 0.717) is 6.42 Å². The molecule has 1 fully saturated rings. The van der Waals surface area contributed by atoms with E-state index in [2.05, 4.69) is 4.74 Å². The van der Waals surface area contributed by atoms with E-state index < -0.39 is 17.3 Å². The summed E-state index contributed by atoms with van der Waals surface area (Å²) in [5.41, 5.74) is -0.473. The quantitative estimate of drug-likeness (QED) is 0.651. The number of carboxylic acids is 1. The minimum Gasteiger partial charge on any atom is -0.481 e. The van der Waals surface area contributed by atoms with E-state index in [1.165, 1.54) is 7.11 Å². The summed E-state index contributed by atoms with van der Waals surface area (Å²) in [6, 6.07) is 0. The standard InChI is InChI=1S/C9H14O4/c1-9(2)5(7(10)11)4-6(9)8(12)13-3/h5-6H,4H2,1-3H3,(H,10,11)/t5-,6+/m0/s1. The number of rotatable bonds is 2. The van der Waals surface area contributed by atoms with Crippen LogP contribution in [0.5, 0.6) is 0 Å². The van der Waals surface area contributed by atoms with Crippen LogP contribution in [0.15, 0.2) is 0 Å². The minimum atomic E-state index is -0.829. The first-order chi connectivity index (χ1) is 5.91. The number of esters is 1. The van der Waals surface area contributed by atoms with E-state index in [-0.39, 0.29) is 11.9 Å². The number of carbonyl (C=O) groups excluding carboxylic acids is 1. The Morgan fingerprint density at radius 2 is 1.92 bits per heavy atom. The second-order valence-corrected chi connectivity index (χ2v) is 4.02. The normalized spacial score (nSPS) is 30.4. The van der Waals surface area contributed by atoms with Crippen molar-refractivity contribution in [3.8, 4) is 0 Å². The summed E-state index contributed by atoms with van der Waals surface area (Å²) >= 11 is 0. The van der Waals surface area contributed by atoms with Crippen LogP contribution in [0.4, 0.5) is 0 Å². The van der Waals surface area contributed by atoms with Gasteiger partial charge in [0.2, 0.25) is 0 Å². The molecule has 0 aromatic carbocycles. The van der Waals surface area contributed by atoms with Gasteiger partial charge in [-0.3, -0.25) is 9.59 Å². The summed E-state index contributed by atoms with van der Waals surface area (Å²) in [5, 5.41) is 8.79. The summed E-state index contributed by atoms with van der Waals surface area (Å²) in [5.74, 6) is -1.82. The van der Waals surface area contributed by atoms with Gasteiger partial charge in [0.15, 0.2) is 0 Å². The molecule has 1 aliphatic carbocycles. The largest absolute Gasteiger partial charge is 0.481 e. The van der Waals surface area contributed by atoms with E-state index in [1.54, 1.807) is 13.8 Å². The fourth-order valence-electron chi connectivity index (χ4n) is 1.89. The first-order valence-corrected chi connectivity index (χ1v) is 4.22. The highest BCUT2D eigenvalue weighted by Gasteiger charge is 2.55. The third-order valence-corrected chi connectivity index (χ3v) is 3.05. The molecule has 0 spiro atoms. The molecular formula is C9H14O4. The highest BCUT2D eigenvalue weighted by atomic mass is 16.5. The zero-order valence-electron chi connectivity index (χ0n) is 8.03. The van der Waals surface area contributed by atoms with Crippen LogP contribution in [0, 0.1) is 17.3 Å². The maximum Gasteiger partial charge on any atom is 0.309 e. The Morgan fingerprint density at radius 3 is 2.23 bits per heavy atom. The van der Waals surface area contributed by atoms with Crippen LogP contribution < -0.4 is 0 Å². The fraction of sp³-hybridized carbons (Fsp3) is 0.778. The highest BCUT2D eigenvalue weighted by Crippen LogP contribution is 2.51. The summed E-state index contributed by atoms with van der Waals surface area (Å²) in [6.07, 6.45) is 0.398. The first-order valence-electron chi connectivity index (χ1n) is 4.22. The van der Waals surface area contributed by atoms with Gasteiger partial charge >= 0.3 is 11.9 Å². The van der Waals surface area contributed by atoms with Crippen molar-refractivity contribution in [1.82, 2.24) is 0 Å². The molecule has 0 unspecified atom stereocenters. The molecule has 1 aliphatic rings. The second kappa shape index (κ2) is 3.01. The number of aliphatic carboxylic acids is 1. The van der Waals surface area contributed by atoms with Gasteiger partial charge in [-0.25, -0.2) is 0 Å². The lowest BCUT2D eigenvalue weighted by Gasteiger charge is -2.47. The van der Waals surface area contributed by atoms with Crippen LogP contribution in [0.1, 0.15) is 20.3 Å². The molecular weight excluding hydrogens is 172 g/mol. The molecule has 13 heavy (non-hydrogen) atoms. The van der Waals surface area contributed by atoms with Gasteiger partial charge in [0, 0.05) is 0 Å². The number of hydrogen-bond acceptors (Lipinski definition) is 3. The average molecular weight is 186 g/mol. The lowest BCUT2D eigenvalue weighted by Crippen LogP contribution is -2.52. The molecule has 0 aromatic rings. The van der Waals surface area contributed by atoms with Gasteiger partial charge in [-0.2, -0.15) is 0 Å². The van der Waals surface area contributed by atoms with Crippen molar-refractivity contribution in [2.75, 3.05) is 7.11 Å². The van der Waals surface area contributed by atoms with E-state index >= 15 is 0 Å². The van der Waals surface area contributed by atoms with Gasteiger partial charge in [0.1, 0.15) is 0 Å². The van der Waals surface area contributed by atoms with Crippen molar-refractivity contribution < 1.29 is 19.4 Å². The molecule has 2 atom stereocenters. The van der Waals surface area contributed by atoms with Crippen molar-refractivity contribution >= 4 is 11.9 Å². The topological polar surface area (TPSA) is 63.6 Å². The molecule has 0 amide bonds. The van der Waals surface area contributed by atoms with E-state index in [1.807, 2.05) is 0 Å². The Hall–Kier alpha value is -1.06. The summed E-state index contributed by atoms with van der Waals surface area (Å²) in [6.45, 7) is 3.58. The van der Waals surface area contributed by atoms with E-state index in [4.69, 9.17) is 5.11 Å². The lowest BCUT2D eigenvalue weighted by molar-refractivity contribution is -0.173. The number of carbonyl (C=O) groups is 2. The number of hydrogen-bond donors (Lipinski definition) is 1. The molecule has 0 aromatic heterocycles. The van der Waals surface area contributed by atoms with E-state index in [9.17, 15) is 9.59 Å². The fourth-order valence-corrected chi connectivity index (χ4v) is 1.89. The molecule has 4 heteroatoms. The van der Waals surface area contributed by atoms with E-state index in [0.717, 1.165) is 0 Å².